The van der Waals surface area contributed by atoms with Crippen molar-refractivity contribution in [2.45, 2.75) is 37.0 Å². The lowest BCUT2D eigenvalue weighted by atomic mass is 9.97. The van der Waals surface area contributed by atoms with Crippen LogP contribution in [0.5, 0.6) is 0 Å². The molecule has 2 fully saturated rings. The van der Waals surface area contributed by atoms with E-state index in [4.69, 9.17) is 0 Å². The molecule has 1 spiro atoms. The molecule has 2 aliphatic rings. The molecule has 2 unspecified atom stereocenters. The minimum atomic E-state index is -5.06. The fourth-order valence-corrected chi connectivity index (χ4v) is 6.64. The van der Waals surface area contributed by atoms with E-state index < -0.39 is 41.2 Å². The van der Waals surface area contributed by atoms with E-state index in [9.17, 15) is 31.9 Å². The first-order valence-electron chi connectivity index (χ1n) is 15.2. The summed E-state index contributed by atoms with van der Waals surface area (Å²) in [5.41, 5.74) is 2.37. The van der Waals surface area contributed by atoms with Crippen LogP contribution in [0.15, 0.2) is 103 Å². The Kier molecular flexibility index (Phi) is 8.45. The summed E-state index contributed by atoms with van der Waals surface area (Å²) >= 11 is 0. The molecule has 0 aromatic heterocycles. The molecule has 1 saturated heterocycles. The third-order valence-electron chi connectivity index (χ3n) is 9.02. The highest BCUT2D eigenvalue weighted by Gasteiger charge is 2.67. The van der Waals surface area contributed by atoms with Crippen molar-refractivity contribution in [1.82, 2.24) is 9.80 Å². The summed E-state index contributed by atoms with van der Waals surface area (Å²) in [5, 5.41) is 0. The molecule has 1 heterocycles. The minimum absolute atomic E-state index is 0.0713. The first-order valence-corrected chi connectivity index (χ1v) is 15.2. The zero-order valence-electron chi connectivity index (χ0n) is 25.4. The van der Waals surface area contributed by atoms with Gasteiger partial charge in [0.1, 0.15) is 5.82 Å². The lowest BCUT2D eigenvalue weighted by Crippen LogP contribution is -2.47. The standard InChI is InChI=1S/C38H30F4N2O3/c1-43(36(47)38(40,41)42)33-23-37(33)22-25(10-9-14-27-13-5-6-15-30(27)26-11-3-2-4-12-26)24-44(37)35(46)32-17-8-7-16-31(32)34(45)28-18-20-29(39)21-19-28/h2-8,11-13,15-21,25,33H,14,22-24H2,1H3/t25?,33-,37?/m1/s1. The highest BCUT2D eigenvalue weighted by Crippen LogP contribution is 2.55. The Morgan fingerprint density at radius 3 is 2.19 bits per heavy atom. The van der Waals surface area contributed by atoms with Crippen molar-refractivity contribution in [3.05, 3.63) is 131 Å². The second kappa shape index (κ2) is 12.5. The largest absolute Gasteiger partial charge is 0.471 e. The van der Waals surface area contributed by atoms with Gasteiger partial charge in [0.15, 0.2) is 5.78 Å². The molecule has 2 amide bonds. The second-order valence-corrected chi connectivity index (χ2v) is 12.0. The Morgan fingerprint density at radius 1 is 0.851 bits per heavy atom. The van der Waals surface area contributed by atoms with Crippen LogP contribution in [0.1, 0.15) is 44.7 Å². The monoisotopic (exact) mass is 638 g/mol. The number of likely N-dealkylation sites (N-methyl/N-ethyl adjacent to an activating group) is 1. The van der Waals surface area contributed by atoms with E-state index in [0.717, 1.165) is 35.9 Å². The van der Waals surface area contributed by atoms with E-state index in [1.165, 1.54) is 29.2 Å². The summed E-state index contributed by atoms with van der Waals surface area (Å²) in [6.45, 7) is 0.121. The molecule has 0 bridgehead atoms. The molecule has 4 aromatic carbocycles. The Labute approximate surface area is 269 Å². The molecular formula is C38H30F4N2O3. The van der Waals surface area contributed by atoms with E-state index in [2.05, 4.69) is 11.8 Å². The van der Waals surface area contributed by atoms with Crippen molar-refractivity contribution in [3.63, 3.8) is 0 Å². The molecule has 9 heteroatoms. The SMILES string of the molecule is CN(C(=O)C(F)(F)F)[C@@H]1CC12CC(C#CCc1ccccc1-c1ccccc1)CN2C(=O)c1ccccc1C(=O)c1ccc(F)cc1. The van der Waals surface area contributed by atoms with Gasteiger partial charge in [-0.15, -0.1) is 0 Å². The van der Waals surface area contributed by atoms with Crippen molar-refractivity contribution in [1.29, 1.82) is 0 Å². The average Bonchev–Trinajstić information content (AvgIpc) is 3.68. The summed E-state index contributed by atoms with van der Waals surface area (Å²) in [6, 6.07) is 28.1. The third-order valence-corrected chi connectivity index (χ3v) is 9.02. The predicted octanol–water partition coefficient (Wildman–Crippen LogP) is 6.96. The number of rotatable bonds is 6. The highest BCUT2D eigenvalue weighted by molar-refractivity contribution is 6.15. The number of carbonyl (C=O) groups excluding carboxylic acids is 3. The lowest BCUT2D eigenvalue weighted by molar-refractivity contribution is -0.185. The summed E-state index contributed by atoms with van der Waals surface area (Å²) in [5.74, 6) is 2.59. The zero-order chi connectivity index (χ0) is 33.3. The molecule has 47 heavy (non-hydrogen) atoms. The Balaban J connectivity index is 1.30. The Bertz CT molecular complexity index is 1900. The number of alkyl halides is 3. The summed E-state index contributed by atoms with van der Waals surface area (Å²) in [7, 11) is 1.10. The van der Waals surface area contributed by atoms with Crippen LogP contribution in [0.2, 0.25) is 0 Å². The molecule has 0 N–H and O–H groups in total. The van der Waals surface area contributed by atoms with Gasteiger partial charge in [-0.05, 0) is 59.9 Å². The maximum Gasteiger partial charge on any atom is 0.471 e. The van der Waals surface area contributed by atoms with Crippen LogP contribution in [-0.2, 0) is 11.2 Å². The van der Waals surface area contributed by atoms with Crippen molar-refractivity contribution in [3.8, 4) is 23.0 Å². The fourth-order valence-electron chi connectivity index (χ4n) is 6.64. The average molecular weight is 639 g/mol. The van der Waals surface area contributed by atoms with Gasteiger partial charge in [-0.25, -0.2) is 4.39 Å². The molecule has 1 saturated carbocycles. The van der Waals surface area contributed by atoms with Crippen LogP contribution in [0.25, 0.3) is 11.1 Å². The highest BCUT2D eigenvalue weighted by atomic mass is 19.4. The zero-order valence-corrected chi connectivity index (χ0v) is 25.4. The number of hydrogen-bond acceptors (Lipinski definition) is 3. The lowest BCUT2D eigenvalue weighted by Gasteiger charge is -2.29. The maximum atomic E-state index is 14.2. The van der Waals surface area contributed by atoms with Crippen LogP contribution in [0.4, 0.5) is 17.6 Å². The number of ketones is 1. The van der Waals surface area contributed by atoms with Gasteiger partial charge in [0.05, 0.1) is 17.1 Å². The van der Waals surface area contributed by atoms with Crippen LogP contribution < -0.4 is 0 Å². The normalized spacial score (nSPS) is 20.0. The van der Waals surface area contributed by atoms with E-state index >= 15 is 0 Å². The summed E-state index contributed by atoms with van der Waals surface area (Å²) < 4.78 is 53.8. The van der Waals surface area contributed by atoms with Crippen molar-refractivity contribution in [2.75, 3.05) is 13.6 Å². The topological polar surface area (TPSA) is 57.7 Å². The smallest absolute Gasteiger partial charge is 0.333 e. The van der Waals surface area contributed by atoms with E-state index in [1.807, 2.05) is 54.6 Å². The van der Waals surface area contributed by atoms with Gasteiger partial charge in [0.25, 0.3) is 5.91 Å². The Morgan fingerprint density at radius 2 is 1.49 bits per heavy atom. The predicted molar refractivity (Wildman–Crippen MR) is 169 cm³/mol. The van der Waals surface area contributed by atoms with E-state index in [0.29, 0.717) is 11.3 Å². The van der Waals surface area contributed by atoms with Crippen LogP contribution in [-0.4, -0.2) is 58.7 Å². The molecular weight excluding hydrogens is 608 g/mol. The van der Waals surface area contributed by atoms with Gasteiger partial charge >= 0.3 is 12.1 Å². The molecule has 238 valence electrons. The molecule has 3 atom stereocenters. The molecule has 0 radical (unpaired) electrons. The van der Waals surface area contributed by atoms with Crippen molar-refractivity contribution >= 4 is 17.6 Å². The third kappa shape index (κ3) is 6.28. The molecule has 4 aromatic rings. The van der Waals surface area contributed by atoms with E-state index in [-0.39, 0.29) is 42.0 Å². The van der Waals surface area contributed by atoms with Gasteiger partial charge in [-0.2, -0.15) is 13.2 Å². The minimum Gasteiger partial charge on any atom is -0.333 e. The van der Waals surface area contributed by atoms with Crippen LogP contribution in [0.3, 0.4) is 0 Å². The summed E-state index contributed by atoms with van der Waals surface area (Å²) in [6.07, 6.45) is -4.21. The number of hydrogen-bond donors (Lipinski definition) is 0. The number of carbonyl (C=O) groups is 3. The quantitative estimate of drug-likeness (QED) is 0.130. The maximum absolute atomic E-state index is 14.2. The van der Waals surface area contributed by atoms with E-state index in [1.54, 1.807) is 12.1 Å². The van der Waals surface area contributed by atoms with Gasteiger partial charge in [-0.1, -0.05) is 84.6 Å². The number of benzene rings is 4. The van der Waals surface area contributed by atoms with Gasteiger partial charge in [0.2, 0.25) is 0 Å². The number of likely N-dealkylation sites (tertiary alicyclic amines) is 1. The van der Waals surface area contributed by atoms with Gasteiger partial charge < -0.3 is 9.80 Å². The van der Waals surface area contributed by atoms with Crippen molar-refractivity contribution in [2.24, 2.45) is 5.92 Å². The Hall–Kier alpha value is -5.23. The fraction of sp³-hybridized carbons (Fsp3) is 0.237. The second-order valence-electron chi connectivity index (χ2n) is 12.0. The number of nitrogens with zero attached hydrogens (tertiary/aromatic N) is 2. The first-order chi connectivity index (χ1) is 22.5. The van der Waals surface area contributed by atoms with Crippen LogP contribution in [0, 0.1) is 23.6 Å². The van der Waals surface area contributed by atoms with Crippen molar-refractivity contribution < 1.29 is 31.9 Å². The number of amides is 2. The molecule has 1 aliphatic carbocycles. The molecule has 6 rings (SSSR count). The van der Waals surface area contributed by atoms with Crippen LogP contribution >= 0.6 is 0 Å². The first kappa shape index (κ1) is 31.7. The molecule has 1 aliphatic heterocycles. The van der Waals surface area contributed by atoms with Gasteiger partial charge in [-0.3, -0.25) is 14.4 Å². The van der Waals surface area contributed by atoms with Gasteiger partial charge in [0, 0.05) is 37.1 Å². The molecule has 5 nitrogen and oxygen atoms in total. The summed E-state index contributed by atoms with van der Waals surface area (Å²) in [4.78, 5) is 42.0. The number of halogens is 4.